The molecule has 2 aromatic rings. The maximum Gasteiger partial charge on any atom is 0.330 e. The van der Waals surface area contributed by atoms with Crippen LogP contribution in [0.25, 0.3) is 6.08 Å². The SMILES string of the molecule is COC(=O)/C=C/c1ccc(NCc2ccc(C(=O)N3CC(C)OC(C)C3)cc2)c([N+](=O)[O-])c1. The normalized spacial score (nSPS) is 18.2. The third-order valence-electron chi connectivity index (χ3n) is 5.22. The van der Waals surface area contributed by atoms with E-state index >= 15 is 0 Å². The standard InChI is InChI=1S/C24H27N3O6/c1-16-14-26(15-17(2)33-16)24(29)20-8-4-19(5-9-20)13-25-21-10-6-18(7-11-23(28)32-3)12-22(21)27(30)31/h4-12,16-17,25H,13-15H2,1-3H3/b11-7+. The Balaban J connectivity index is 1.66. The number of rotatable bonds is 7. The minimum Gasteiger partial charge on any atom is -0.466 e. The summed E-state index contributed by atoms with van der Waals surface area (Å²) in [6.45, 7) is 5.36. The number of esters is 1. The van der Waals surface area contributed by atoms with Crippen LogP contribution < -0.4 is 5.32 Å². The molecule has 3 rings (SSSR count). The number of morpholine rings is 1. The zero-order valence-corrected chi connectivity index (χ0v) is 18.8. The van der Waals surface area contributed by atoms with E-state index in [4.69, 9.17) is 4.74 Å². The molecule has 1 saturated heterocycles. The van der Waals surface area contributed by atoms with Gasteiger partial charge in [-0.05, 0) is 49.2 Å². The largest absolute Gasteiger partial charge is 0.466 e. The molecule has 2 atom stereocenters. The molecule has 1 N–H and O–H groups in total. The molecule has 0 spiro atoms. The lowest BCUT2D eigenvalue weighted by molar-refractivity contribution is -0.384. The lowest BCUT2D eigenvalue weighted by Crippen LogP contribution is -2.48. The summed E-state index contributed by atoms with van der Waals surface area (Å²) >= 11 is 0. The van der Waals surface area contributed by atoms with E-state index in [-0.39, 0.29) is 23.8 Å². The van der Waals surface area contributed by atoms with Gasteiger partial charge in [-0.2, -0.15) is 0 Å². The van der Waals surface area contributed by atoms with Gasteiger partial charge in [-0.1, -0.05) is 18.2 Å². The van der Waals surface area contributed by atoms with Crippen LogP contribution >= 0.6 is 0 Å². The molecule has 1 heterocycles. The van der Waals surface area contributed by atoms with Crippen LogP contribution in [-0.4, -0.2) is 54.1 Å². The fourth-order valence-corrected chi connectivity index (χ4v) is 3.67. The van der Waals surface area contributed by atoms with Gasteiger partial charge in [0.05, 0.1) is 24.2 Å². The second-order valence-electron chi connectivity index (χ2n) is 7.91. The molecular weight excluding hydrogens is 426 g/mol. The van der Waals surface area contributed by atoms with Crippen molar-refractivity contribution in [2.45, 2.75) is 32.6 Å². The Bertz CT molecular complexity index is 1040. The summed E-state index contributed by atoms with van der Waals surface area (Å²) in [4.78, 5) is 36.8. The summed E-state index contributed by atoms with van der Waals surface area (Å²) in [5.41, 5.74) is 2.22. The van der Waals surface area contributed by atoms with E-state index in [2.05, 4.69) is 10.1 Å². The van der Waals surface area contributed by atoms with Gasteiger partial charge >= 0.3 is 5.97 Å². The predicted molar refractivity (Wildman–Crippen MR) is 124 cm³/mol. The number of nitro groups is 1. The molecule has 2 aromatic carbocycles. The van der Waals surface area contributed by atoms with Crippen molar-refractivity contribution in [3.8, 4) is 0 Å². The second kappa shape index (κ2) is 10.7. The zero-order valence-electron chi connectivity index (χ0n) is 18.8. The van der Waals surface area contributed by atoms with Crippen molar-refractivity contribution in [2.75, 3.05) is 25.5 Å². The number of carbonyl (C=O) groups excluding carboxylic acids is 2. The van der Waals surface area contributed by atoms with Crippen LogP contribution in [0.1, 0.15) is 35.3 Å². The van der Waals surface area contributed by atoms with E-state index < -0.39 is 10.9 Å². The number of amides is 1. The minimum absolute atomic E-state index is 0.000640. The Hall–Kier alpha value is -3.72. The average molecular weight is 453 g/mol. The van der Waals surface area contributed by atoms with Crippen molar-refractivity contribution < 1.29 is 24.0 Å². The van der Waals surface area contributed by atoms with E-state index in [1.807, 2.05) is 26.0 Å². The molecule has 1 fully saturated rings. The summed E-state index contributed by atoms with van der Waals surface area (Å²) in [6.07, 6.45) is 2.65. The minimum atomic E-state index is -0.542. The molecule has 9 nitrogen and oxygen atoms in total. The number of ether oxygens (including phenoxy) is 2. The van der Waals surface area contributed by atoms with Crippen LogP contribution in [-0.2, 0) is 20.8 Å². The van der Waals surface area contributed by atoms with Crippen molar-refractivity contribution in [3.63, 3.8) is 0 Å². The van der Waals surface area contributed by atoms with Gasteiger partial charge in [0.25, 0.3) is 11.6 Å². The third kappa shape index (κ3) is 6.39. The number of nitrogens with one attached hydrogen (secondary N) is 1. The molecule has 0 radical (unpaired) electrons. The summed E-state index contributed by atoms with van der Waals surface area (Å²) in [6, 6.07) is 11.8. The molecule has 2 unspecified atom stereocenters. The van der Waals surface area contributed by atoms with Gasteiger partial charge < -0.3 is 19.7 Å². The molecule has 0 aromatic heterocycles. The van der Waals surface area contributed by atoms with Crippen LogP contribution in [0.5, 0.6) is 0 Å². The van der Waals surface area contributed by atoms with Crippen LogP contribution in [0.3, 0.4) is 0 Å². The lowest BCUT2D eigenvalue weighted by Gasteiger charge is -2.35. The maximum absolute atomic E-state index is 12.8. The zero-order chi connectivity index (χ0) is 24.0. The summed E-state index contributed by atoms with van der Waals surface area (Å²) in [7, 11) is 1.26. The summed E-state index contributed by atoms with van der Waals surface area (Å²) < 4.78 is 10.2. The lowest BCUT2D eigenvalue weighted by atomic mass is 10.1. The first-order chi connectivity index (χ1) is 15.8. The van der Waals surface area contributed by atoms with Crippen molar-refractivity contribution >= 4 is 29.3 Å². The highest BCUT2D eigenvalue weighted by Crippen LogP contribution is 2.27. The molecule has 9 heteroatoms. The first-order valence-electron chi connectivity index (χ1n) is 10.6. The molecule has 0 saturated carbocycles. The third-order valence-corrected chi connectivity index (χ3v) is 5.22. The van der Waals surface area contributed by atoms with Crippen LogP contribution in [0, 0.1) is 10.1 Å². The molecular formula is C24H27N3O6. The van der Waals surface area contributed by atoms with Crippen LogP contribution in [0.15, 0.2) is 48.5 Å². The molecule has 1 aliphatic rings. The Morgan fingerprint density at radius 2 is 1.85 bits per heavy atom. The number of methoxy groups -OCH3 is 1. The highest BCUT2D eigenvalue weighted by atomic mass is 16.6. The Kier molecular flexibility index (Phi) is 7.78. The molecule has 0 aliphatic carbocycles. The topological polar surface area (TPSA) is 111 Å². The van der Waals surface area contributed by atoms with E-state index in [9.17, 15) is 19.7 Å². The molecule has 33 heavy (non-hydrogen) atoms. The van der Waals surface area contributed by atoms with Crippen molar-refractivity contribution in [2.24, 2.45) is 0 Å². The number of anilines is 1. The van der Waals surface area contributed by atoms with E-state index in [1.165, 1.54) is 25.3 Å². The first-order valence-corrected chi connectivity index (χ1v) is 10.6. The predicted octanol–water partition coefficient (Wildman–Crippen LogP) is 3.64. The first kappa shape index (κ1) is 23.9. The van der Waals surface area contributed by atoms with Gasteiger partial charge in [-0.15, -0.1) is 0 Å². The highest BCUT2D eigenvalue weighted by molar-refractivity contribution is 5.94. The molecule has 0 bridgehead atoms. The van der Waals surface area contributed by atoms with Gasteiger partial charge in [0.15, 0.2) is 0 Å². The molecule has 1 aliphatic heterocycles. The Labute approximate surface area is 192 Å². The number of carbonyl (C=O) groups is 2. The fraction of sp³-hybridized carbons (Fsp3) is 0.333. The van der Waals surface area contributed by atoms with Crippen molar-refractivity contribution in [3.05, 3.63) is 75.3 Å². The van der Waals surface area contributed by atoms with E-state index in [0.29, 0.717) is 36.4 Å². The summed E-state index contributed by atoms with van der Waals surface area (Å²) in [5.74, 6) is -0.581. The number of benzene rings is 2. The second-order valence-corrected chi connectivity index (χ2v) is 7.91. The number of hydrogen-bond acceptors (Lipinski definition) is 7. The smallest absolute Gasteiger partial charge is 0.330 e. The van der Waals surface area contributed by atoms with Gasteiger partial charge in [0.1, 0.15) is 5.69 Å². The summed E-state index contributed by atoms with van der Waals surface area (Å²) in [5, 5.41) is 14.6. The average Bonchev–Trinajstić information content (AvgIpc) is 2.80. The monoisotopic (exact) mass is 453 g/mol. The van der Waals surface area contributed by atoms with Crippen molar-refractivity contribution in [1.29, 1.82) is 0 Å². The maximum atomic E-state index is 12.8. The number of nitrogens with zero attached hydrogens (tertiary/aromatic N) is 2. The Morgan fingerprint density at radius 3 is 2.45 bits per heavy atom. The van der Waals surface area contributed by atoms with Gasteiger partial charge in [0.2, 0.25) is 0 Å². The number of nitro benzene ring substituents is 1. The van der Waals surface area contributed by atoms with Crippen molar-refractivity contribution in [1.82, 2.24) is 4.90 Å². The number of hydrogen-bond donors (Lipinski definition) is 1. The van der Waals surface area contributed by atoms with Gasteiger partial charge in [-0.3, -0.25) is 14.9 Å². The van der Waals surface area contributed by atoms with Gasteiger partial charge in [0, 0.05) is 37.3 Å². The van der Waals surface area contributed by atoms with Crippen LogP contribution in [0.4, 0.5) is 11.4 Å². The highest BCUT2D eigenvalue weighted by Gasteiger charge is 2.26. The Morgan fingerprint density at radius 1 is 1.18 bits per heavy atom. The van der Waals surface area contributed by atoms with E-state index in [0.717, 1.165) is 5.56 Å². The fourth-order valence-electron chi connectivity index (χ4n) is 3.67. The molecule has 174 valence electrons. The van der Waals surface area contributed by atoms with Crippen LogP contribution in [0.2, 0.25) is 0 Å². The quantitative estimate of drug-likeness (QED) is 0.295. The molecule has 1 amide bonds. The van der Waals surface area contributed by atoms with E-state index in [1.54, 1.807) is 29.2 Å². The van der Waals surface area contributed by atoms with Gasteiger partial charge in [-0.25, -0.2) is 4.79 Å².